The first-order valence-electron chi connectivity index (χ1n) is 5.78. The van der Waals surface area contributed by atoms with Gasteiger partial charge in [-0.3, -0.25) is 4.72 Å². The third kappa shape index (κ3) is 2.88. The number of hydrogen-bond acceptors (Lipinski definition) is 3. The summed E-state index contributed by atoms with van der Waals surface area (Å²) >= 11 is 0. The molecule has 2 N–H and O–H groups in total. The van der Waals surface area contributed by atoms with E-state index in [1.165, 1.54) is 24.3 Å². The van der Waals surface area contributed by atoms with Gasteiger partial charge in [-0.25, -0.2) is 8.42 Å². The molecule has 2 aromatic rings. The van der Waals surface area contributed by atoms with Crippen molar-refractivity contribution in [2.45, 2.75) is 18.7 Å². The molecule has 0 saturated heterocycles. The molecule has 5 heteroatoms. The third-order valence-corrected chi connectivity index (χ3v) is 4.38. The van der Waals surface area contributed by atoms with Crippen LogP contribution in [0, 0.1) is 13.8 Å². The molecule has 0 aromatic heterocycles. The second-order valence-electron chi connectivity index (χ2n) is 4.35. The monoisotopic (exact) mass is 277 g/mol. The lowest BCUT2D eigenvalue weighted by Gasteiger charge is -2.12. The summed E-state index contributed by atoms with van der Waals surface area (Å²) in [5.74, 6) is 0.0330. The number of sulfonamides is 1. The Labute approximate surface area is 112 Å². The van der Waals surface area contributed by atoms with E-state index in [1.54, 1.807) is 12.1 Å². The van der Waals surface area contributed by atoms with E-state index < -0.39 is 10.0 Å². The van der Waals surface area contributed by atoms with Crippen LogP contribution in [-0.4, -0.2) is 13.5 Å². The molecule has 0 amide bonds. The number of aryl methyl sites for hydroxylation is 1. The minimum absolute atomic E-state index is 0.0330. The van der Waals surface area contributed by atoms with Gasteiger partial charge in [0.2, 0.25) is 0 Å². The Bertz CT molecular complexity index is 691. The standard InChI is InChI=1S/C14H15NO3S/c1-10-4-3-5-14(11(10)2)15-19(17,18)13-8-6-12(16)7-9-13/h3-9,15-16H,1-2H3. The van der Waals surface area contributed by atoms with Crippen LogP contribution in [0.2, 0.25) is 0 Å². The van der Waals surface area contributed by atoms with Crippen LogP contribution < -0.4 is 4.72 Å². The summed E-state index contributed by atoms with van der Waals surface area (Å²) in [5, 5.41) is 9.18. The zero-order valence-electron chi connectivity index (χ0n) is 10.7. The molecule has 4 nitrogen and oxygen atoms in total. The fourth-order valence-corrected chi connectivity index (χ4v) is 2.81. The Morgan fingerprint density at radius 3 is 2.26 bits per heavy atom. The lowest BCUT2D eigenvalue weighted by atomic mass is 10.1. The number of rotatable bonds is 3. The Hall–Kier alpha value is -2.01. The largest absolute Gasteiger partial charge is 0.508 e. The van der Waals surface area contributed by atoms with Crippen molar-refractivity contribution in [2.24, 2.45) is 0 Å². The molecule has 0 unspecified atom stereocenters. The highest BCUT2D eigenvalue weighted by Crippen LogP contribution is 2.22. The molecule has 0 aliphatic carbocycles. The quantitative estimate of drug-likeness (QED) is 0.906. The van der Waals surface area contributed by atoms with Gasteiger partial charge in [-0.1, -0.05) is 12.1 Å². The van der Waals surface area contributed by atoms with Gasteiger partial charge in [0.05, 0.1) is 10.6 Å². The van der Waals surface area contributed by atoms with Gasteiger partial charge in [0.1, 0.15) is 5.75 Å². The number of benzene rings is 2. The van der Waals surface area contributed by atoms with Crippen molar-refractivity contribution < 1.29 is 13.5 Å². The Morgan fingerprint density at radius 2 is 1.63 bits per heavy atom. The van der Waals surface area contributed by atoms with E-state index in [1.807, 2.05) is 19.9 Å². The zero-order chi connectivity index (χ0) is 14.0. The first-order chi connectivity index (χ1) is 8.90. The molecule has 0 saturated carbocycles. The van der Waals surface area contributed by atoms with Gasteiger partial charge in [-0.05, 0) is 55.3 Å². The van der Waals surface area contributed by atoms with Gasteiger partial charge in [0.25, 0.3) is 10.0 Å². The van der Waals surface area contributed by atoms with Crippen LogP contribution in [-0.2, 0) is 10.0 Å². The average molecular weight is 277 g/mol. The Morgan fingerprint density at radius 1 is 1.00 bits per heavy atom. The maximum absolute atomic E-state index is 12.2. The molecule has 0 bridgehead atoms. The van der Waals surface area contributed by atoms with Crippen molar-refractivity contribution >= 4 is 15.7 Å². The van der Waals surface area contributed by atoms with Crippen molar-refractivity contribution in [3.63, 3.8) is 0 Å². The van der Waals surface area contributed by atoms with Crippen LogP contribution >= 0.6 is 0 Å². The molecule has 2 rings (SSSR count). The highest BCUT2D eigenvalue weighted by atomic mass is 32.2. The van der Waals surface area contributed by atoms with Gasteiger partial charge in [0.15, 0.2) is 0 Å². The Balaban J connectivity index is 2.36. The summed E-state index contributed by atoms with van der Waals surface area (Å²) in [6.07, 6.45) is 0. The van der Waals surface area contributed by atoms with Crippen molar-refractivity contribution in [3.05, 3.63) is 53.6 Å². The summed E-state index contributed by atoms with van der Waals surface area (Å²) in [7, 11) is -3.63. The smallest absolute Gasteiger partial charge is 0.261 e. The van der Waals surface area contributed by atoms with Crippen LogP contribution in [0.4, 0.5) is 5.69 Å². The predicted octanol–water partition coefficient (Wildman–Crippen LogP) is 2.81. The molecular weight excluding hydrogens is 262 g/mol. The van der Waals surface area contributed by atoms with Gasteiger partial charge in [0, 0.05) is 0 Å². The van der Waals surface area contributed by atoms with Crippen molar-refractivity contribution in [1.29, 1.82) is 0 Å². The van der Waals surface area contributed by atoms with Crippen LogP contribution in [0.25, 0.3) is 0 Å². The molecular formula is C14H15NO3S. The van der Waals surface area contributed by atoms with E-state index in [-0.39, 0.29) is 10.6 Å². The van der Waals surface area contributed by atoms with E-state index >= 15 is 0 Å². The molecule has 0 fully saturated rings. The van der Waals surface area contributed by atoms with Crippen LogP contribution in [0.5, 0.6) is 5.75 Å². The van der Waals surface area contributed by atoms with E-state index in [0.29, 0.717) is 5.69 Å². The van der Waals surface area contributed by atoms with Crippen molar-refractivity contribution in [3.8, 4) is 5.75 Å². The average Bonchev–Trinajstić information content (AvgIpc) is 2.35. The van der Waals surface area contributed by atoms with E-state index in [2.05, 4.69) is 4.72 Å². The summed E-state index contributed by atoms with van der Waals surface area (Å²) in [6, 6.07) is 10.9. The summed E-state index contributed by atoms with van der Waals surface area (Å²) in [4.78, 5) is 0.117. The number of hydrogen-bond donors (Lipinski definition) is 2. The molecule has 0 heterocycles. The minimum Gasteiger partial charge on any atom is -0.508 e. The summed E-state index contributed by atoms with van der Waals surface area (Å²) < 4.78 is 26.9. The Kier molecular flexibility index (Phi) is 3.48. The summed E-state index contributed by atoms with van der Waals surface area (Å²) in [5.41, 5.74) is 2.48. The van der Waals surface area contributed by atoms with Crippen molar-refractivity contribution in [1.82, 2.24) is 0 Å². The topological polar surface area (TPSA) is 66.4 Å². The zero-order valence-corrected chi connectivity index (χ0v) is 11.5. The highest BCUT2D eigenvalue weighted by molar-refractivity contribution is 7.92. The number of aromatic hydroxyl groups is 1. The SMILES string of the molecule is Cc1cccc(NS(=O)(=O)c2ccc(O)cc2)c1C. The lowest BCUT2D eigenvalue weighted by Crippen LogP contribution is -2.13. The number of phenols is 1. The molecule has 2 aromatic carbocycles. The van der Waals surface area contributed by atoms with E-state index in [9.17, 15) is 13.5 Å². The summed E-state index contributed by atoms with van der Waals surface area (Å²) in [6.45, 7) is 3.79. The first kappa shape index (κ1) is 13.4. The van der Waals surface area contributed by atoms with Crippen LogP contribution in [0.15, 0.2) is 47.4 Å². The van der Waals surface area contributed by atoms with Crippen LogP contribution in [0.3, 0.4) is 0 Å². The molecule has 0 aliphatic heterocycles. The predicted molar refractivity (Wildman–Crippen MR) is 74.8 cm³/mol. The lowest BCUT2D eigenvalue weighted by molar-refractivity contribution is 0.475. The minimum atomic E-state index is -3.63. The second kappa shape index (κ2) is 4.93. The molecule has 19 heavy (non-hydrogen) atoms. The third-order valence-electron chi connectivity index (χ3n) is 3.00. The number of anilines is 1. The van der Waals surface area contributed by atoms with Gasteiger partial charge >= 0.3 is 0 Å². The number of nitrogens with one attached hydrogen (secondary N) is 1. The van der Waals surface area contributed by atoms with E-state index in [4.69, 9.17) is 0 Å². The second-order valence-corrected chi connectivity index (χ2v) is 6.03. The molecule has 0 spiro atoms. The maximum Gasteiger partial charge on any atom is 0.261 e. The van der Waals surface area contributed by atoms with E-state index in [0.717, 1.165) is 11.1 Å². The fourth-order valence-electron chi connectivity index (χ4n) is 1.69. The normalized spacial score (nSPS) is 11.3. The van der Waals surface area contributed by atoms with Gasteiger partial charge in [-0.2, -0.15) is 0 Å². The van der Waals surface area contributed by atoms with Crippen LogP contribution in [0.1, 0.15) is 11.1 Å². The van der Waals surface area contributed by atoms with Crippen molar-refractivity contribution in [2.75, 3.05) is 4.72 Å². The van der Waals surface area contributed by atoms with Gasteiger partial charge in [-0.15, -0.1) is 0 Å². The van der Waals surface area contributed by atoms with Gasteiger partial charge < -0.3 is 5.11 Å². The molecule has 0 radical (unpaired) electrons. The molecule has 0 atom stereocenters. The number of phenolic OH excluding ortho intramolecular Hbond substituents is 1. The molecule has 0 aliphatic rings. The highest BCUT2D eigenvalue weighted by Gasteiger charge is 2.15. The molecule has 100 valence electrons. The maximum atomic E-state index is 12.2. The fraction of sp³-hybridized carbons (Fsp3) is 0.143. The first-order valence-corrected chi connectivity index (χ1v) is 7.26.